The van der Waals surface area contributed by atoms with E-state index in [-0.39, 0.29) is 19.7 Å². The number of esters is 1. The van der Waals surface area contributed by atoms with Crippen LogP contribution in [0.15, 0.2) is 12.1 Å². The van der Waals surface area contributed by atoms with E-state index in [1.54, 1.807) is 13.8 Å². The lowest BCUT2D eigenvalue weighted by Crippen LogP contribution is -2.36. The standard InChI is InChI=1S/C15H16F3NO3/c1-3-22-14(21)15(2)6-7-19(8-15)13(20)11-9(16)4-5-10(17)12(11)18/h4-5H,3,6-8H2,1-2H3/t15-/m0/s1. The molecule has 4 nitrogen and oxygen atoms in total. The number of amides is 1. The summed E-state index contributed by atoms with van der Waals surface area (Å²) in [5.41, 5.74) is -1.86. The van der Waals surface area contributed by atoms with Crippen molar-refractivity contribution in [2.24, 2.45) is 5.41 Å². The summed E-state index contributed by atoms with van der Waals surface area (Å²) < 4.78 is 45.5. The summed E-state index contributed by atoms with van der Waals surface area (Å²) in [6, 6.07) is 1.32. The predicted octanol–water partition coefficient (Wildman–Crippen LogP) is 2.52. The third-order valence-corrected chi connectivity index (χ3v) is 3.79. The SMILES string of the molecule is CCOC(=O)[C@@]1(C)CCN(C(=O)c2c(F)ccc(F)c2F)C1. The molecule has 2 rings (SSSR count). The second-order valence-electron chi connectivity index (χ2n) is 5.48. The van der Waals surface area contributed by atoms with Gasteiger partial charge in [-0.3, -0.25) is 9.59 Å². The zero-order valence-corrected chi connectivity index (χ0v) is 12.3. The quantitative estimate of drug-likeness (QED) is 0.636. The van der Waals surface area contributed by atoms with Gasteiger partial charge in [-0.1, -0.05) is 0 Å². The topological polar surface area (TPSA) is 46.6 Å². The van der Waals surface area contributed by atoms with Crippen LogP contribution in [0.25, 0.3) is 0 Å². The minimum Gasteiger partial charge on any atom is -0.466 e. The average Bonchev–Trinajstić information content (AvgIpc) is 2.87. The van der Waals surface area contributed by atoms with Crippen LogP contribution >= 0.6 is 0 Å². The monoisotopic (exact) mass is 315 g/mol. The number of hydrogen-bond donors (Lipinski definition) is 0. The molecule has 120 valence electrons. The molecule has 1 aliphatic heterocycles. The van der Waals surface area contributed by atoms with Crippen molar-refractivity contribution >= 4 is 11.9 Å². The van der Waals surface area contributed by atoms with Crippen molar-refractivity contribution in [1.82, 2.24) is 4.90 Å². The molecule has 0 bridgehead atoms. The lowest BCUT2D eigenvalue weighted by Gasteiger charge is -2.22. The van der Waals surface area contributed by atoms with E-state index in [1.165, 1.54) is 0 Å². The van der Waals surface area contributed by atoms with Gasteiger partial charge in [0.15, 0.2) is 11.6 Å². The molecule has 1 amide bonds. The highest BCUT2D eigenvalue weighted by atomic mass is 19.2. The molecule has 1 aromatic carbocycles. The average molecular weight is 315 g/mol. The lowest BCUT2D eigenvalue weighted by molar-refractivity contribution is -0.153. The summed E-state index contributed by atoms with van der Waals surface area (Å²) in [5.74, 6) is -5.38. The predicted molar refractivity (Wildman–Crippen MR) is 71.6 cm³/mol. The molecule has 22 heavy (non-hydrogen) atoms. The van der Waals surface area contributed by atoms with E-state index in [1.807, 2.05) is 0 Å². The van der Waals surface area contributed by atoms with Crippen molar-refractivity contribution in [3.8, 4) is 0 Å². The van der Waals surface area contributed by atoms with Crippen LogP contribution in [0.3, 0.4) is 0 Å². The Labute approximate surface area is 125 Å². The Morgan fingerprint density at radius 2 is 1.91 bits per heavy atom. The maximum atomic E-state index is 13.7. The number of benzene rings is 1. The van der Waals surface area contributed by atoms with Crippen molar-refractivity contribution in [3.63, 3.8) is 0 Å². The second kappa shape index (κ2) is 5.98. The van der Waals surface area contributed by atoms with E-state index in [9.17, 15) is 22.8 Å². The number of ether oxygens (including phenoxy) is 1. The first-order valence-corrected chi connectivity index (χ1v) is 6.90. The van der Waals surface area contributed by atoms with Gasteiger partial charge in [-0.2, -0.15) is 0 Å². The maximum Gasteiger partial charge on any atom is 0.313 e. The summed E-state index contributed by atoms with van der Waals surface area (Å²) in [5, 5.41) is 0. The first-order valence-electron chi connectivity index (χ1n) is 6.90. The molecular formula is C15H16F3NO3. The fraction of sp³-hybridized carbons (Fsp3) is 0.467. The normalized spacial score (nSPS) is 21.0. The molecule has 1 fully saturated rings. The highest BCUT2D eigenvalue weighted by Crippen LogP contribution is 2.33. The van der Waals surface area contributed by atoms with Gasteiger partial charge in [-0.05, 0) is 32.4 Å². The molecule has 0 saturated carbocycles. The number of nitrogens with zero attached hydrogens (tertiary/aromatic N) is 1. The van der Waals surface area contributed by atoms with Gasteiger partial charge in [0.2, 0.25) is 0 Å². The molecule has 0 N–H and O–H groups in total. The minimum atomic E-state index is -1.52. The lowest BCUT2D eigenvalue weighted by atomic mass is 9.90. The van der Waals surface area contributed by atoms with E-state index in [4.69, 9.17) is 4.74 Å². The fourth-order valence-electron chi connectivity index (χ4n) is 2.49. The Kier molecular flexibility index (Phi) is 4.44. The van der Waals surface area contributed by atoms with Crippen LogP contribution in [0.5, 0.6) is 0 Å². The van der Waals surface area contributed by atoms with Crippen molar-refractivity contribution < 1.29 is 27.5 Å². The van der Waals surface area contributed by atoms with Gasteiger partial charge in [-0.25, -0.2) is 13.2 Å². The molecule has 0 aliphatic carbocycles. The number of likely N-dealkylation sites (tertiary alicyclic amines) is 1. The zero-order valence-electron chi connectivity index (χ0n) is 12.3. The van der Waals surface area contributed by atoms with E-state index in [0.717, 1.165) is 4.90 Å². The van der Waals surface area contributed by atoms with Crippen LogP contribution in [0.1, 0.15) is 30.6 Å². The van der Waals surface area contributed by atoms with E-state index in [2.05, 4.69) is 0 Å². The molecule has 1 aromatic rings. The number of rotatable bonds is 3. The molecule has 0 spiro atoms. The van der Waals surface area contributed by atoms with Crippen molar-refractivity contribution in [1.29, 1.82) is 0 Å². The van der Waals surface area contributed by atoms with Crippen LogP contribution in [0.2, 0.25) is 0 Å². The summed E-state index contributed by atoms with van der Waals surface area (Å²) >= 11 is 0. The Morgan fingerprint density at radius 3 is 2.55 bits per heavy atom. The Bertz CT molecular complexity index is 620. The van der Waals surface area contributed by atoms with Gasteiger partial charge >= 0.3 is 5.97 Å². The Balaban J connectivity index is 2.23. The van der Waals surface area contributed by atoms with Crippen molar-refractivity contribution in [2.75, 3.05) is 19.7 Å². The Hall–Kier alpha value is -2.05. The molecule has 1 aliphatic rings. The fourth-order valence-corrected chi connectivity index (χ4v) is 2.49. The molecule has 7 heteroatoms. The van der Waals surface area contributed by atoms with Crippen molar-refractivity contribution in [3.05, 3.63) is 35.1 Å². The zero-order chi connectivity index (χ0) is 16.5. The van der Waals surface area contributed by atoms with Crippen LogP contribution in [-0.2, 0) is 9.53 Å². The summed E-state index contributed by atoms with van der Waals surface area (Å²) in [7, 11) is 0. The van der Waals surface area contributed by atoms with Crippen LogP contribution < -0.4 is 0 Å². The first-order chi connectivity index (χ1) is 10.3. The van der Waals surface area contributed by atoms with E-state index >= 15 is 0 Å². The second-order valence-corrected chi connectivity index (χ2v) is 5.48. The summed E-state index contributed by atoms with van der Waals surface area (Å²) in [6.45, 7) is 3.60. The third-order valence-electron chi connectivity index (χ3n) is 3.79. The number of carbonyl (C=O) groups excluding carboxylic acids is 2. The summed E-state index contributed by atoms with van der Waals surface area (Å²) in [6.07, 6.45) is 0.316. The van der Waals surface area contributed by atoms with Gasteiger partial charge in [-0.15, -0.1) is 0 Å². The third kappa shape index (κ3) is 2.80. The van der Waals surface area contributed by atoms with Crippen LogP contribution in [-0.4, -0.2) is 36.5 Å². The van der Waals surface area contributed by atoms with Gasteiger partial charge in [0.1, 0.15) is 11.4 Å². The van der Waals surface area contributed by atoms with Crippen LogP contribution in [0, 0.1) is 22.9 Å². The van der Waals surface area contributed by atoms with E-state index < -0.39 is 40.3 Å². The first kappa shape index (κ1) is 16.3. The molecule has 0 aromatic heterocycles. The molecule has 0 radical (unpaired) electrons. The maximum absolute atomic E-state index is 13.7. The highest BCUT2D eigenvalue weighted by molar-refractivity contribution is 5.95. The minimum absolute atomic E-state index is 0.0277. The number of hydrogen-bond acceptors (Lipinski definition) is 3. The van der Waals surface area contributed by atoms with Gasteiger partial charge in [0, 0.05) is 13.1 Å². The molecule has 1 atom stereocenters. The van der Waals surface area contributed by atoms with Gasteiger partial charge < -0.3 is 9.64 Å². The van der Waals surface area contributed by atoms with Gasteiger partial charge in [0.25, 0.3) is 5.91 Å². The highest BCUT2D eigenvalue weighted by Gasteiger charge is 2.44. The molecule has 0 unspecified atom stereocenters. The van der Waals surface area contributed by atoms with Gasteiger partial charge in [0.05, 0.1) is 12.0 Å². The summed E-state index contributed by atoms with van der Waals surface area (Å²) in [4.78, 5) is 25.3. The molecular weight excluding hydrogens is 299 g/mol. The van der Waals surface area contributed by atoms with Crippen LogP contribution in [0.4, 0.5) is 13.2 Å². The largest absolute Gasteiger partial charge is 0.466 e. The number of halogens is 3. The Morgan fingerprint density at radius 1 is 1.27 bits per heavy atom. The molecule has 1 saturated heterocycles. The van der Waals surface area contributed by atoms with E-state index in [0.29, 0.717) is 18.6 Å². The smallest absolute Gasteiger partial charge is 0.313 e. The number of carbonyl (C=O) groups is 2. The molecule has 1 heterocycles. The van der Waals surface area contributed by atoms with Crippen molar-refractivity contribution in [2.45, 2.75) is 20.3 Å².